The van der Waals surface area contributed by atoms with Gasteiger partial charge in [0.15, 0.2) is 0 Å². The van der Waals surface area contributed by atoms with Crippen LogP contribution in [-0.4, -0.2) is 4.57 Å². The maximum Gasteiger partial charge on any atom is 0.0864 e. The first-order valence-electron chi connectivity index (χ1n) is 21.6. The Bertz CT molecular complexity index is 3600. The van der Waals surface area contributed by atoms with Gasteiger partial charge in [-0.3, -0.25) is 16.0 Å². The minimum atomic E-state index is -0.106. The maximum absolute atomic E-state index is 3.91. The highest BCUT2D eigenvalue weighted by Gasteiger charge is 2.30. The fourth-order valence-corrected chi connectivity index (χ4v) is 12.5. The number of fused-ring (bicyclic) bond motifs is 9. The topological polar surface area (TPSA) is 41.0 Å². The van der Waals surface area contributed by atoms with Gasteiger partial charge in [-0.2, -0.15) is 0 Å². The number of aromatic nitrogens is 1. The van der Waals surface area contributed by atoms with Crippen molar-refractivity contribution in [1.82, 2.24) is 20.5 Å². The van der Waals surface area contributed by atoms with Gasteiger partial charge in [0.25, 0.3) is 0 Å². The van der Waals surface area contributed by atoms with Gasteiger partial charge >= 0.3 is 0 Å². The van der Waals surface area contributed by atoms with Crippen molar-refractivity contribution >= 4 is 84.8 Å². The molecule has 3 N–H and O–H groups in total. The van der Waals surface area contributed by atoms with Crippen LogP contribution in [0.4, 0.5) is 0 Å². The molecule has 4 heterocycles. The molecule has 300 valence electrons. The summed E-state index contributed by atoms with van der Waals surface area (Å²) >= 11 is 3.80. The Morgan fingerprint density at radius 2 is 0.889 bits per heavy atom. The van der Waals surface area contributed by atoms with Gasteiger partial charge in [0, 0.05) is 46.4 Å². The van der Waals surface area contributed by atoms with E-state index in [-0.39, 0.29) is 18.5 Å². The third kappa shape index (κ3) is 6.06. The van der Waals surface area contributed by atoms with Gasteiger partial charge in [-0.1, -0.05) is 170 Å². The highest BCUT2D eigenvalue weighted by molar-refractivity contribution is 7.27. The molecular weight excluding hydrogens is 805 g/mol. The normalized spacial score (nSPS) is 16.9. The molecule has 1 aliphatic heterocycles. The summed E-state index contributed by atoms with van der Waals surface area (Å²) in [5.74, 6) is 0. The zero-order valence-electron chi connectivity index (χ0n) is 34.1. The molecule has 0 saturated carbocycles. The SMILES string of the molecule is c1ccc(C2NC(c3ccccc3)NC(c3cccc(-c4ccc(-c5ccc6c(c5)sc5ccccc56)c5sc6c(-n7c8ccccc8c8ccccc87)cccc6c45)c3)N2)cc1. The first-order valence-corrected chi connectivity index (χ1v) is 23.2. The number of hydrogen-bond acceptors (Lipinski definition) is 5. The standard InChI is InChI=1S/C57H40N4S2/c1-3-15-35(16-4-1)55-58-56(36-17-5-2-6-18-36)60-57(59-55)39-20-13-19-37(33-39)40-31-32-41(38-29-30-45-44-23-9-12-28-50(44)62-51(45)34-38)54-52(40)46-24-14-27-49(53(46)63-54)61-47-25-10-7-21-42(47)43-22-8-11-26-48(43)61/h1-34,55-60H. The van der Waals surface area contributed by atoms with Crippen molar-refractivity contribution in [2.24, 2.45) is 0 Å². The Balaban J connectivity index is 1.01. The number of hydrogen-bond donors (Lipinski definition) is 3. The van der Waals surface area contributed by atoms with Crippen molar-refractivity contribution in [3.8, 4) is 27.9 Å². The van der Waals surface area contributed by atoms with Gasteiger partial charge in [0.2, 0.25) is 0 Å². The summed E-state index contributed by atoms with van der Waals surface area (Å²) in [6.07, 6.45) is -0.197. The van der Waals surface area contributed by atoms with E-state index in [1.165, 1.54) is 107 Å². The van der Waals surface area contributed by atoms with Crippen LogP contribution in [0.2, 0.25) is 0 Å². The van der Waals surface area contributed by atoms with E-state index in [1.54, 1.807) is 0 Å². The minimum absolute atomic E-state index is 0.0457. The molecule has 0 spiro atoms. The highest BCUT2D eigenvalue weighted by Crippen LogP contribution is 2.49. The molecule has 0 bridgehead atoms. The second kappa shape index (κ2) is 14.9. The number of thiophene rings is 2. The second-order valence-electron chi connectivity index (χ2n) is 16.5. The Hall–Kier alpha value is -6.90. The second-order valence-corrected chi connectivity index (χ2v) is 18.6. The molecule has 12 aromatic rings. The van der Waals surface area contributed by atoms with Crippen molar-refractivity contribution in [3.05, 3.63) is 223 Å². The van der Waals surface area contributed by atoms with Crippen LogP contribution in [0.25, 0.3) is 90.1 Å². The van der Waals surface area contributed by atoms with Crippen LogP contribution in [0.15, 0.2) is 206 Å². The maximum atomic E-state index is 3.91. The number of rotatable bonds is 6. The number of para-hydroxylation sites is 2. The van der Waals surface area contributed by atoms with Crippen molar-refractivity contribution in [3.63, 3.8) is 0 Å². The van der Waals surface area contributed by atoms with E-state index in [9.17, 15) is 0 Å². The molecule has 1 fully saturated rings. The predicted molar refractivity (Wildman–Crippen MR) is 268 cm³/mol. The first-order chi connectivity index (χ1) is 31.2. The summed E-state index contributed by atoms with van der Waals surface area (Å²) in [6, 6.07) is 75.6. The average molecular weight is 845 g/mol. The zero-order chi connectivity index (χ0) is 41.4. The lowest BCUT2D eigenvalue weighted by atomic mass is 9.93. The van der Waals surface area contributed by atoms with Crippen molar-refractivity contribution < 1.29 is 0 Å². The molecule has 0 aliphatic carbocycles. The fraction of sp³-hybridized carbons (Fsp3) is 0.0526. The molecular formula is C57H40N4S2. The minimum Gasteiger partial charge on any atom is -0.308 e. The van der Waals surface area contributed by atoms with E-state index in [1.807, 2.05) is 22.7 Å². The van der Waals surface area contributed by atoms with Crippen molar-refractivity contribution in [2.75, 3.05) is 0 Å². The smallest absolute Gasteiger partial charge is 0.0864 e. The third-order valence-electron chi connectivity index (χ3n) is 12.9. The lowest BCUT2D eigenvalue weighted by Gasteiger charge is -2.39. The van der Waals surface area contributed by atoms with E-state index in [0.717, 1.165) is 0 Å². The van der Waals surface area contributed by atoms with Gasteiger partial charge in [-0.05, 0) is 75.3 Å². The molecule has 0 amide bonds. The van der Waals surface area contributed by atoms with Crippen LogP contribution in [0.3, 0.4) is 0 Å². The summed E-state index contributed by atoms with van der Waals surface area (Å²) in [5, 5.41) is 19.4. The lowest BCUT2D eigenvalue weighted by Crippen LogP contribution is -2.54. The first kappa shape index (κ1) is 36.7. The largest absolute Gasteiger partial charge is 0.308 e. The summed E-state index contributed by atoms with van der Waals surface area (Å²) < 4.78 is 7.70. The van der Waals surface area contributed by atoms with E-state index in [2.05, 4.69) is 227 Å². The zero-order valence-corrected chi connectivity index (χ0v) is 35.8. The Labute approximate surface area is 372 Å². The van der Waals surface area contributed by atoms with Gasteiger partial charge < -0.3 is 4.57 Å². The van der Waals surface area contributed by atoms with Crippen molar-refractivity contribution in [1.29, 1.82) is 0 Å². The summed E-state index contributed by atoms with van der Waals surface area (Å²) in [4.78, 5) is 0. The monoisotopic (exact) mass is 844 g/mol. The Morgan fingerprint density at radius 1 is 0.349 bits per heavy atom. The number of nitrogens with zero attached hydrogens (tertiary/aromatic N) is 1. The number of benzene rings is 9. The summed E-state index contributed by atoms with van der Waals surface area (Å²) in [6.45, 7) is 0. The molecule has 0 radical (unpaired) electrons. The molecule has 3 aromatic heterocycles. The van der Waals surface area contributed by atoms with Crippen LogP contribution >= 0.6 is 22.7 Å². The van der Waals surface area contributed by atoms with Gasteiger partial charge in [0.05, 0.1) is 39.9 Å². The van der Waals surface area contributed by atoms with E-state index < -0.39 is 0 Å². The quantitative estimate of drug-likeness (QED) is 0.156. The highest BCUT2D eigenvalue weighted by atomic mass is 32.1. The molecule has 63 heavy (non-hydrogen) atoms. The lowest BCUT2D eigenvalue weighted by molar-refractivity contribution is 0.203. The molecule has 9 aromatic carbocycles. The van der Waals surface area contributed by atoms with E-state index in [4.69, 9.17) is 0 Å². The van der Waals surface area contributed by atoms with Gasteiger partial charge in [-0.25, -0.2) is 0 Å². The number of nitrogens with one attached hydrogen (secondary N) is 3. The van der Waals surface area contributed by atoms with E-state index >= 15 is 0 Å². The van der Waals surface area contributed by atoms with Crippen LogP contribution < -0.4 is 16.0 Å². The molecule has 2 atom stereocenters. The van der Waals surface area contributed by atoms with Crippen LogP contribution in [-0.2, 0) is 0 Å². The van der Waals surface area contributed by atoms with Crippen LogP contribution in [0, 0.1) is 0 Å². The molecule has 2 unspecified atom stereocenters. The predicted octanol–water partition coefficient (Wildman–Crippen LogP) is 15.0. The molecule has 1 saturated heterocycles. The third-order valence-corrected chi connectivity index (χ3v) is 15.3. The van der Waals surface area contributed by atoms with Gasteiger partial charge in [-0.15, -0.1) is 22.7 Å². The summed E-state index contributed by atoms with van der Waals surface area (Å²) in [5.41, 5.74) is 12.2. The fourth-order valence-electron chi connectivity index (χ4n) is 10.0. The Kier molecular flexibility index (Phi) is 8.68. The van der Waals surface area contributed by atoms with E-state index in [0.29, 0.717) is 0 Å². The van der Waals surface area contributed by atoms with Crippen molar-refractivity contribution in [2.45, 2.75) is 18.5 Å². The average Bonchev–Trinajstić information content (AvgIpc) is 4.04. The molecule has 4 nitrogen and oxygen atoms in total. The van der Waals surface area contributed by atoms with Crippen LogP contribution in [0.1, 0.15) is 35.2 Å². The molecule has 1 aliphatic rings. The van der Waals surface area contributed by atoms with Crippen LogP contribution in [0.5, 0.6) is 0 Å². The summed E-state index contributed by atoms with van der Waals surface area (Å²) in [7, 11) is 0. The van der Waals surface area contributed by atoms with Gasteiger partial charge in [0.1, 0.15) is 0 Å². The molecule has 6 heteroatoms. The molecule has 13 rings (SSSR count). The Morgan fingerprint density at radius 3 is 1.60 bits per heavy atom.